The average molecular weight is 445 g/mol. The smallest absolute Gasteiger partial charge is 0.329 e. The maximum atomic E-state index is 12.6. The predicted octanol–water partition coefficient (Wildman–Crippen LogP) is 2.51. The van der Waals surface area contributed by atoms with Crippen LogP contribution < -0.4 is 11.0 Å². The van der Waals surface area contributed by atoms with Crippen molar-refractivity contribution >= 4 is 44.5 Å². The molecule has 0 fully saturated rings. The summed E-state index contributed by atoms with van der Waals surface area (Å²) in [6, 6.07) is 12.8. The molecule has 7 nitrogen and oxygen atoms in total. The van der Waals surface area contributed by atoms with Gasteiger partial charge in [-0.15, -0.1) is 0 Å². The first-order chi connectivity index (χ1) is 13.3. The summed E-state index contributed by atoms with van der Waals surface area (Å²) >= 11 is 3.38. The summed E-state index contributed by atoms with van der Waals surface area (Å²) in [6.07, 6.45) is 0. The summed E-state index contributed by atoms with van der Waals surface area (Å²) in [6.45, 7) is 1.66. The zero-order chi connectivity index (χ0) is 20.4. The molecule has 2 aromatic carbocycles. The number of nitrogens with zero attached hydrogens (tertiary/aromatic N) is 3. The number of hydrogen-bond donors (Lipinski definition) is 1. The van der Waals surface area contributed by atoms with Gasteiger partial charge in [0.1, 0.15) is 6.54 Å². The van der Waals surface area contributed by atoms with Crippen molar-refractivity contribution in [3.63, 3.8) is 0 Å². The number of fused-ring (bicyclic) bond motifs is 1. The summed E-state index contributed by atoms with van der Waals surface area (Å²) in [7, 11) is 3.22. The topological polar surface area (TPSA) is 76.3 Å². The lowest BCUT2D eigenvalue weighted by Gasteiger charge is -2.17. The average Bonchev–Trinajstić information content (AvgIpc) is 2.89. The lowest BCUT2D eigenvalue weighted by molar-refractivity contribution is -0.133. The molecule has 8 heteroatoms. The van der Waals surface area contributed by atoms with Crippen LogP contribution in [0.5, 0.6) is 0 Å². The number of hydrogen-bond acceptors (Lipinski definition) is 3. The molecule has 28 heavy (non-hydrogen) atoms. The molecule has 0 saturated carbocycles. The van der Waals surface area contributed by atoms with Gasteiger partial charge in [-0.25, -0.2) is 4.79 Å². The number of aryl methyl sites for hydroxylation is 2. The molecule has 1 heterocycles. The lowest BCUT2D eigenvalue weighted by atomic mass is 10.2. The molecular weight excluding hydrogens is 424 g/mol. The van der Waals surface area contributed by atoms with E-state index in [2.05, 4.69) is 21.2 Å². The number of halogens is 1. The van der Waals surface area contributed by atoms with Crippen LogP contribution >= 0.6 is 15.9 Å². The van der Waals surface area contributed by atoms with Crippen molar-refractivity contribution in [3.8, 4) is 0 Å². The first-order valence-corrected chi connectivity index (χ1v) is 9.51. The van der Waals surface area contributed by atoms with Crippen LogP contribution in [0.2, 0.25) is 0 Å². The molecule has 0 bridgehead atoms. The minimum Gasteiger partial charge on any atom is -0.335 e. The number of amides is 2. The van der Waals surface area contributed by atoms with Gasteiger partial charge in [0.25, 0.3) is 0 Å². The molecule has 0 atom stereocenters. The van der Waals surface area contributed by atoms with E-state index < -0.39 is 0 Å². The number of likely N-dealkylation sites (N-methyl/N-ethyl adjacent to an activating group) is 1. The maximum absolute atomic E-state index is 12.6. The Morgan fingerprint density at radius 3 is 2.50 bits per heavy atom. The van der Waals surface area contributed by atoms with Crippen molar-refractivity contribution in [3.05, 3.63) is 63.0 Å². The van der Waals surface area contributed by atoms with E-state index in [0.29, 0.717) is 11.2 Å². The number of nitrogens with one attached hydrogen (secondary N) is 1. The zero-order valence-corrected chi connectivity index (χ0v) is 17.5. The number of para-hydroxylation sites is 2. The van der Waals surface area contributed by atoms with E-state index in [0.717, 1.165) is 15.6 Å². The molecule has 0 spiro atoms. The fourth-order valence-corrected chi connectivity index (χ4v) is 3.51. The number of aromatic nitrogens is 2. The van der Waals surface area contributed by atoms with Crippen LogP contribution in [0.15, 0.2) is 51.7 Å². The Kier molecular flexibility index (Phi) is 5.69. The van der Waals surface area contributed by atoms with E-state index in [1.807, 2.05) is 37.3 Å². The monoisotopic (exact) mass is 444 g/mol. The Morgan fingerprint density at radius 1 is 1.14 bits per heavy atom. The zero-order valence-electron chi connectivity index (χ0n) is 15.9. The number of rotatable bonds is 5. The standard InChI is InChI=1S/C20H21BrN4O3/c1-13-10-14(21)8-9-15(13)22-18(26)11-23(2)19(27)12-25-17-7-5-4-6-16(17)24(3)20(25)28/h4-10H,11-12H2,1-3H3,(H,22,26). The molecule has 2 amide bonds. The highest BCUT2D eigenvalue weighted by Gasteiger charge is 2.18. The van der Waals surface area contributed by atoms with Gasteiger partial charge in [-0.2, -0.15) is 0 Å². The van der Waals surface area contributed by atoms with E-state index in [-0.39, 0.29) is 30.6 Å². The van der Waals surface area contributed by atoms with Gasteiger partial charge >= 0.3 is 5.69 Å². The number of carbonyl (C=O) groups is 2. The summed E-state index contributed by atoms with van der Waals surface area (Å²) in [5.41, 5.74) is 2.79. The predicted molar refractivity (Wildman–Crippen MR) is 112 cm³/mol. The third-order valence-corrected chi connectivity index (χ3v) is 5.11. The highest BCUT2D eigenvalue weighted by Crippen LogP contribution is 2.20. The van der Waals surface area contributed by atoms with Crippen molar-refractivity contribution in [2.24, 2.45) is 7.05 Å². The van der Waals surface area contributed by atoms with E-state index in [4.69, 9.17) is 0 Å². The molecule has 1 N–H and O–H groups in total. The second-order valence-corrected chi connectivity index (χ2v) is 7.59. The van der Waals surface area contributed by atoms with Crippen LogP contribution in [0.3, 0.4) is 0 Å². The fourth-order valence-electron chi connectivity index (χ4n) is 3.03. The van der Waals surface area contributed by atoms with Crippen LogP contribution in [0, 0.1) is 6.92 Å². The third-order valence-electron chi connectivity index (χ3n) is 4.61. The molecule has 0 radical (unpaired) electrons. The van der Waals surface area contributed by atoms with Gasteiger partial charge in [0.15, 0.2) is 0 Å². The van der Waals surface area contributed by atoms with Crippen molar-refractivity contribution in [2.75, 3.05) is 18.9 Å². The Morgan fingerprint density at radius 2 is 1.82 bits per heavy atom. The summed E-state index contributed by atoms with van der Waals surface area (Å²) in [5, 5.41) is 2.81. The van der Waals surface area contributed by atoms with E-state index in [1.54, 1.807) is 26.2 Å². The van der Waals surface area contributed by atoms with E-state index in [1.165, 1.54) is 14.0 Å². The van der Waals surface area contributed by atoms with Gasteiger partial charge < -0.3 is 10.2 Å². The van der Waals surface area contributed by atoms with Crippen LogP contribution in [0.4, 0.5) is 5.69 Å². The quantitative estimate of drug-likeness (QED) is 0.656. The van der Waals surface area contributed by atoms with E-state index >= 15 is 0 Å². The van der Waals surface area contributed by atoms with Crippen LogP contribution in [-0.2, 0) is 23.2 Å². The molecule has 0 aliphatic rings. The van der Waals surface area contributed by atoms with Gasteiger partial charge in [0.2, 0.25) is 11.8 Å². The lowest BCUT2D eigenvalue weighted by Crippen LogP contribution is -2.38. The molecule has 1 aromatic heterocycles. The minimum atomic E-state index is -0.318. The number of benzene rings is 2. The molecule has 0 saturated heterocycles. The highest BCUT2D eigenvalue weighted by molar-refractivity contribution is 9.10. The second kappa shape index (κ2) is 8.02. The van der Waals surface area contributed by atoms with Crippen LogP contribution in [0.1, 0.15) is 5.56 Å². The van der Waals surface area contributed by atoms with Gasteiger partial charge in [-0.1, -0.05) is 28.1 Å². The Hall–Kier alpha value is -2.87. The molecule has 3 aromatic rings. The van der Waals surface area contributed by atoms with Gasteiger partial charge in [-0.05, 0) is 42.8 Å². The molecule has 0 aliphatic carbocycles. The normalized spacial score (nSPS) is 10.9. The Bertz CT molecular complexity index is 1120. The SMILES string of the molecule is Cc1cc(Br)ccc1NC(=O)CN(C)C(=O)Cn1c(=O)n(C)c2ccccc21. The molecular formula is C20H21BrN4O3. The minimum absolute atomic E-state index is 0.103. The largest absolute Gasteiger partial charge is 0.335 e. The summed E-state index contributed by atoms with van der Waals surface area (Å²) < 4.78 is 3.85. The maximum Gasteiger partial charge on any atom is 0.329 e. The highest BCUT2D eigenvalue weighted by atomic mass is 79.9. The molecule has 3 rings (SSSR count). The number of anilines is 1. The van der Waals surface area contributed by atoms with E-state index in [9.17, 15) is 14.4 Å². The van der Waals surface area contributed by atoms with Crippen molar-refractivity contribution in [1.82, 2.24) is 14.0 Å². The fraction of sp³-hybridized carbons (Fsp3) is 0.250. The first kappa shape index (κ1) is 19.9. The number of imidazole rings is 1. The number of carbonyl (C=O) groups excluding carboxylic acids is 2. The molecule has 146 valence electrons. The Labute approximate surface area is 170 Å². The first-order valence-electron chi connectivity index (χ1n) is 8.72. The van der Waals surface area contributed by atoms with Gasteiger partial charge in [0, 0.05) is 24.3 Å². The van der Waals surface area contributed by atoms with Crippen LogP contribution in [0.25, 0.3) is 11.0 Å². The van der Waals surface area contributed by atoms with Gasteiger partial charge in [0.05, 0.1) is 17.6 Å². The van der Waals surface area contributed by atoms with Crippen molar-refractivity contribution in [2.45, 2.75) is 13.5 Å². The summed E-state index contributed by atoms with van der Waals surface area (Å²) in [4.78, 5) is 38.7. The second-order valence-electron chi connectivity index (χ2n) is 6.67. The molecule has 0 aliphatic heterocycles. The summed E-state index contributed by atoms with van der Waals surface area (Å²) in [5.74, 6) is -0.618. The molecule has 0 unspecified atom stereocenters. The van der Waals surface area contributed by atoms with Crippen molar-refractivity contribution in [1.29, 1.82) is 0 Å². The van der Waals surface area contributed by atoms with Crippen LogP contribution in [-0.4, -0.2) is 39.4 Å². The van der Waals surface area contributed by atoms with Gasteiger partial charge in [-0.3, -0.25) is 18.7 Å². The third kappa shape index (κ3) is 4.01. The van der Waals surface area contributed by atoms with Crippen molar-refractivity contribution < 1.29 is 9.59 Å². The Balaban J connectivity index is 1.69.